The van der Waals surface area contributed by atoms with Crippen molar-refractivity contribution in [3.63, 3.8) is 0 Å². The lowest BCUT2D eigenvalue weighted by molar-refractivity contribution is 0.0514. The van der Waals surface area contributed by atoms with Crippen LogP contribution in [0.1, 0.15) is 23.0 Å². The molecule has 28 heavy (non-hydrogen) atoms. The smallest absolute Gasteiger partial charge is 0.356 e. The van der Waals surface area contributed by atoms with E-state index in [2.05, 4.69) is 25.6 Å². The highest BCUT2D eigenvalue weighted by Gasteiger charge is 2.14. The van der Waals surface area contributed by atoms with Gasteiger partial charge in [0.15, 0.2) is 0 Å². The van der Waals surface area contributed by atoms with Crippen molar-refractivity contribution in [3.05, 3.63) is 72.3 Å². The van der Waals surface area contributed by atoms with Gasteiger partial charge in [-0.1, -0.05) is 48.5 Å². The molecule has 0 saturated carbocycles. The minimum absolute atomic E-state index is 0.332. The Hall–Kier alpha value is -3.81. The number of hydrogen-bond donors (Lipinski definition) is 1. The van der Waals surface area contributed by atoms with Gasteiger partial charge in [-0.2, -0.15) is 5.21 Å². The fourth-order valence-corrected chi connectivity index (χ4v) is 3.01. The number of esters is 1. The second kappa shape index (κ2) is 7.83. The molecular weight excluding hydrogens is 356 g/mol. The number of imidazole rings is 1. The number of nitrogens with zero attached hydrogens (tertiary/aromatic N) is 5. The van der Waals surface area contributed by atoms with Crippen LogP contribution in [0.25, 0.3) is 22.5 Å². The fourth-order valence-electron chi connectivity index (χ4n) is 3.01. The summed E-state index contributed by atoms with van der Waals surface area (Å²) in [6.45, 7) is 2.64. The van der Waals surface area contributed by atoms with Crippen molar-refractivity contribution in [2.75, 3.05) is 6.61 Å². The summed E-state index contributed by atoms with van der Waals surface area (Å²) in [4.78, 5) is 16.1. The molecule has 2 heterocycles. The first kappa shape index (κ1) is 17.6. The van der Waals surface area contributed by atoms with E-state index < -0.39 is 0 Å². The number of hydrogen-bond acceptors (Lipinski definition) is 6. The van der Waals surface area contributed by atoms with Crippen LogP contribution in [0.5, 0.6) is 0 Å². The summed E-state index contributed by atoms with van der Waals surface area (Å²) in [5.74, 6) is 0.183. The van der Waals surface area contributed by atoms with Gasteiger partial charge in [0.05, 0.1) is 19.1 Å². The van der Waals surface area contributed by atoms with E-state index in [4.69, 9.17) is 4.74 Å². The van der Waals surface area contributed by atoms with Crippen LogP contribution in [0.4, 0.5) is 0 Å². The Labute approximate surface area is 161 Å². The quantitative estimate of drug-likeness (QED) is 0.521. The molecular formula is C20H18N6O2. The number of aromatic nitrogens is 6. The molecule has 0 bridgehead atoms. The highest BCUT2D eigenvalue weighted by atomic mass is 16.5. The Morgan fingerprint density at radius 1 is 1.11 bits per heavy atom. The standard InChI is InChI=1S/C20H18N6O2/c1-2-28-20(27)18-11-21-13-26(18)12-14-7-9-15(10-8-14)16-5-3-4-6-17(16)19-22-24-25-23-19/h3-11,13H,2,12H2,1H3,(H,22,23,24,25). The lowest BCUT2D eigenvalue weighted by atomic mass is 9.98. The van der Waals surface area contributed by atoms with E-state index in [1.165, 1.54) is 6.20 Å². The van der Waals surface area contributed by atoms with Gasteiger partial charge in [0.1, 0.15) is 5.69 Å². The van der Waals surface area contributed by atoms with Gasteiger partial charge in [0.25, 0.3) is 0 Å². The van der Waals surface area contributed by atoms with E-state index in [1.54, 1.807) is 17.8 Å². The number of nitrogens with one attached hydrogen (secondary N) is 1. The van der Waals surface area contributed by atoms with Crippen LogP contribution in [0.3, 0.4) is 0 Å². The first-order valence-corrected chi connectivity index (χ1v) is 8.85. The number of aromatic amines is 1. The summed E-state index contributed by atoms with van der Waals surface area (Å²) in [7, 11) is 0. The zero-order valence-electron chi connectivity index (χ0n) is 15.2. The molecule has 0 fully saturated rings. The molecule has 0 amide bonds. The van der Waals surface area contributed by atoms with Gasteiger partial charge in [0, 0.05) is 12.1 Å². The van der Waals surface area contributed by atoms with Gasteiger partial charge >= 0.3 is 5.97 Å². The van der Waals surface area contributed by atoms with E-state index in [-0.39, 0.29) is 5.97 Å². The predicted octanol–water partition coefficient (Wildman–Crippen LogP) is 2.96. The molecule has 0 aliphatic carbocycles. The van der Waals surface area contributed by atoms with E-state index in [9.17, 15) is 4.79 Å². The number of carbonyl (C=O) groups excluding carboxylic acids is 1. The second-order valence-electron chi connectivity index (χ2n) is 6.11. The zero-order valence-corrected chi connectivity index (χ0v) is 15.2. The summed E-state index contributed by atoms with van der Waals surface area (Å²) in [5.41, 5.74) is 4.45. The first-order valence-electron chi connectivity index (χ1n) is 8.85. The first-order chi connectivity index (χ1) is 13.8. The van der Waals surface area contributed by atoms with Crippen molar-refractivity contribution < 1.29 is 9.53 Å². The molecule has 8 heteroatoms. The normalized spacial score (nSPS) is 10.8. The Bertz CT molecular complexity index is 1070. The molecule has 2 aromatic heterocycles. The van der Waals surface area contributed by atoms with Crippen LogP contribution in [0.2, 0.25) is 0 Å². The maximum atomic E-state index is 12.0. The van der Waals surface area contributed by atoms with Crippen LogP contribution in [0.15, 0.2) is 61.1 Å². The predicted molar refractivity (Wildman–Crippen MR) is 102 cm³/mol. The Morgan fingerprint density at radius 2 is 1.89 bits per heavy atom. The Balaban J connectivity index is 1.58. The molecule has 0 unspecified atom stereocenters. The molecule has 1 N–H and O–H groups in total. The van der Waals surface area contributed by atoms with Crippen LogP contribution >= 0.6 is 0 Å². The zero-order chi connectivity index (χ0) is 19.3. The lowest BCUT2D eigenvalue weighted by Crippen LogP contribution is -2.12. The lowest BCUT2D eigenvalue weighted by Gasteiger charge is -2.10. The molecule has 0 radical (unpaired) electrons. The number of ether oxygens (including phenoxy) is 1. The van der Waals surface area contributed by atoms with Crippen molar-refractivity contribution >= 4 is 5.97 Å². The van der Waals surface area contributed by atoms with Gasteiger partial charge in [-0.05, 0) is 28.8 Å². The van der Waals surface area contributed by atoms with Crippen molar-refractivity contribution in [2.24, 2.45) is 0 Å². The van der Waals surface area contributed by atoms with Gasteiger partial charge in [-0.25, -0.2) is 9.78 Å². The molecule has 0 spiro atoms. The molecule has 140 valence electrons. The fraction of sp³-hybridized carbons (Fsp3) is 0.150. The number of carbonyl (C=O) groups is 1. The Kier molecular flexibility index (Phi) is 4.92. The summed E-state index contributed by atoms with van der Waals surface area (Å²) in [6.07, 6.45) is 3.15. The van der Waals surface area contributed by atoms with Crippen LogP contribution < -0.4 is 0 Å². The molecule has 8 nitrogen and oxygen atoms in total. The van der Waals surface area contributed by atoms with E-state index in [0.717, 1.165) is 22.3 Å². The molecule has 4 rings (SSSR count). The highest BCUT2D eigenvalue weighted by molar-refractivity contribution is 5.87. The third kappa shape index (κ3) is 3.52. The Morgan fingerprint density at radius 3 is 2.61 bits per heavy atom. The number of benzene rings is 2. The highest BCUT2D eigenvalue weighted by Crippen LogP contribution is 2.29. The van der Waals surface area contributed by atoms with Crippen molar-refractivity contribution in [1.82, 2.24) is 30.2 Å². The molecule has 2 aromatic carbocycles. The summed E-state index contributed by atoms with van der Waals surface area (Å²) in [6, 6.07) is 16.0. The van der Waals surface area contributed by atoms with E-state index in [0.29, 0.717) is 24.7 Å². The number of H-pyrrole nitrogens is 1. The largest absolute Gasteiger partial charge is 0.461 e. The van der Waals surface area contributed by atoms with Gasteiger partial charge in [-0.3, -0.25) is 0 Å². The minimum atomic E-state index is -0.370. The van der Waals surface area contributed by atoms with Crippen LogP contribution in [0, 0.1) is 0 Å². The van der Waals surface area contributed by atoms with Gasteiger partial charge in [-0.15, -0.1) is 10.2 Å². The molecule has 0 aliphatic rings. The van der Waals surface area contributed by atoms with Crippen molar-refractivity contribution in [1.29, 1.82) is 0 Å². The van der Waals surface area contributed by atoms with Gasteiger partial charge < -0.3 is 9.30 Å². The maximum absolute atomic E-state index is 12.0. The number of tetrazole rings is 1. The maximum Gasteiger partial charge on any atom is 0.356 e. The molecule has 0 atom stereocenters. The van der Waals surface area contributed by atoms with E-state index in [1.807, 2.05) is 48.5 Å². The van der Waals surface area contributed by atoms with Gasteiger partial charge in [0.2, 0.25) is 5.82 Å². The van der Waals surface area contributed by atoms with Crippen molar-refractivity contribution in [2.45, 2.75) is 13.5 Å². The topological polar surface area (TPSA) is 98.6 Å². The monoisotopic (exact) mass is 374 g/mol. The SMILES string of the molecule is CCOC(=O)c1cncn1Cc1ccc(-c2ccccc2-c2nn[nH]n2)cc1. The van der Waals surface area contributed by atoms with Crippen LogP contribution in [-0.2, 0) is 11.3 Å². The minimum Gasteiger partial charge on any atom is -0.461 e. The summed E-state index contributed by atoms with van der Waals surface area (Å²) in [5, 5.41) is 14.3. The van der Waals surface area contributed by atoms with E-state index >= 15 is 0 Å². The molecule has 0 saturated heterocycles. The van der Waals surface area contributed by atoms with Crippen LogP contribution in [-0.4, -0.2) is 42.8 Å². The van der Waals surface area contributed by atoms with Crippen molar-refractivity contribution in [3.8, 4) is 22.5 Å². The molecule has 4 aromatic rings. The third-order valence-electron chi connectivity index (χ3n) is 4.33. The molecule has 0 aliphatic heterocycles. The average molecular weight is 374 g/mol. The number of rotatable bonds is 6. The average Bonchev–Trinajstić information content (AvgIpc) is 3.41. The second-order valence-corrected chi connectivity index (χ2v) is 6.11. The summed E-state index contributed by atoms with van der Waals surface area (Å²) < 4.78 is 6.85. The third-order valence-corrected chi connectivity index (χ3v) is 4.33. The summed E-state index contributed by atoms with van der Waals surface area (Å²) >= 11 is 0.